The zero-order valence-electron chi connectivity index (χ0n) is 13.9. The molecule has 0 radical (unpaired) electrons. The van der Waals surface area contributed by atoms with Crippen molar-refractivity contribution >= 4 is 21.8 Å². The highest BCUT2D eigenvalue weighted by Gasteiger charge is 2.26. The van der Waals surface area contributed by atoms with Gasteiger partial charge >= 0.3 is 0 Å². The van der Waals surface area contributed by atoms with Gasteiger partial charge in [0.25, 0.3) is 15.9 Å². The number of carbonyl (C=O) groups is 2. The number of rotatable bonds is 6. The molecular formula is C16H23N3O4S. The molecule has 7 nitrogen and oxygen atoms in total. The molecular weight excluding hydrogens is 330 g/mol. The van der Waals surface area contributed by atoms with Gasteiger partial charge in [0.2, 0.25) is 5.91 Å². The van der Waals surface area contributed by atoms with Gasteiger partial charge in [-0.15, -0.1) is 0 Å². The minimum absolute atomic E-state index is 0.192. The molecule has 0 aromatic carbocycles. The number of amides is 2. The standard InChI is InChI=1S/C16H23N3O4S/c1-11-6-5-9-17-16(11)24(22,23)19-15(21)12(2)18-14(20)10-13-7-3-4-8-13/h5-6,9,12-13H,3-4,7-8,10H2,1-2H3,(H,18,20)(H,19,21). The lowest BCUT2D eigenvalue weighted by molar-refractivity contribution is -0.128. The lowest BCUT2D eigenvalue weighted by atomic mass is 10.0. The molecule has 1 aliphatic rings. The molecule has 2 amide bonds. The van der Waals surface area contributed by atoms with Gasteiger partial charge < -0.3 is 5.32 Å². The first-order valence-electron chi connectivity index (χ1n) is 8.07. The molecule has 1 unspecified atom stereocenters. The normalized spacial score (nSPS) is 16.6. The van der Waals surface area contributed by atoms with Crippen LogP contribution >= 0.6 is 0 Å². The summed E-state index contributed by atoms with van der Waals surface area (Å²) in [6.45, 7) is 3.06. The van der Waals surface area contributed by atoms with Crippen LogP contribution in [0.3, 0.4) is 0 Å². The van der Waals surface area contributed by atoms with Gasteiger partial charge in [0.05, 0.1) is 0 Å². The Bertz CT molecular complexity index is 712. The van der Waals surface area contributed by atoms with Crippen molar-refractivity contribution in [1.82, 2.24) is 15.0 Å². The quantitative estimate of drug-likeness (QED) is 0.801. The summed E-state index contributed by atoms with van der Waals surface area (Å²) in [5.74, 6) is -0.643. The predicted molar refractivity (Wildman–Crippen MR) is 88.5 cm³/mol. The predicted octanol–water partition coefficient (Wildman–Crippen LogP) is 1.28. The van der Waals surface area contributed by atoms with Crippen LogP contribution in [-0.4, -0.2) is 31.3 Å². The molecule has 1 fully saturated rings. The topological polar surface area (TPSA) is 105 Å². The molecule has 1 aromatic heterocycles. The first-order valence-corrected chi connectivity index (χ1v) is 9.55. The number of aryl methyl sites for hydroxylation is 1. The molecule has 1 aliphatic carbocycles. The fourth-order valence-electron chi connectivity index (χ4n) is 2.86. The van der Waals surface area contributed by atoms with E-state index >= 15 is 0 Å². The van der Waals surface area contributed by atoms with Gasteiger partial charge in [0, 0.05) is 12.6 Å². The van der Waals surface area contributed by atoms with E-state index in [-0.39, 0.29) is 10.9 Å². The Kier molecular flexibility index (Phi) is 5.93. The molecule has 0 aliphatic heterocycles. The molecule has 1 atom stereocenters. The molecule has 0 bridgehead atoms. The maximum atomic E-state index is 12.2. The summed E-state index contributed by atoms with van der Waals surface area (Å²) in [5, 5.41) is 2.37. The van der Waals surface area contributed by atoms with Gasteiger partial charge in [0.1, 0.15) is 6.04 Å². The van der Waals surface area contributed by atoms with E-state index in [1.54, 1.807) is 19.1 Å². The van der Waals surface area contributed by atoms with Crippen molar-refractivity contribution in [3.05, 3.63) is 23.9 Å². The van der Waals surface area contributed by atoms with Crippen molar-refractivity contribution in [2.45, 2.75) is 57.0 Å². The van der Waals surface area contributed by atoms with Crippen LogP contribution in [0.2, 0.25) is 0 Å². The fraction of sp³-hybridized carbons (Fsp3) is 0.562. The minimum atomic E-state index is -4.06. The lowest BCUT2D eigenvalue weighted by Crippen LogP contribution is -2.47. The average Bonchev–Trinajstić information content (AvgIpc) is 2.99. The second-order valence-electron chi connectivity index (χ2n) is 6.24. The van der Waals surface area contributed by atoms with E-state index < -0.39 is 22.0 Å². The third-order valence-corrected chi connectivity index (χ3v) is 5.58. The molecule has 0 spiro atoms. The van der Waals surface area contributed by atoms with Crippen LogP contribution < -0.4 is 10.0 Å². The molecule has 8 heteroatoms. The highest BCUT2D eigenvalue weighted by Crippen LogP contribution is 2.27. The van der Waals surface area contributed by atoms with E-state index in [1.165, 1.54) is 13.1 Å². The zero-order chi connectivity index (χ0) is 17.7. The molecule has 1 aromatic rings. The van der Waals surface area contributed by atoms with Crippen LogP contribution in [0.5, 0.6) is 0 Å². The number of hydrogen-bond donors (Lipinski definition) is 2. The molecule has 0 saturated heterocycles. The minimum Gasteiger partial charge on any atom is -0.345 e. The SMILES string of the molecule is Cc1cccnc1S(=O)(=O)NC(=O)C(C)NC(=O)CC1CCCC1. The summed E-state index contributed by atoms with van der Waals surface area (Å²) in [7, 11) is -4.06. The number of nitrogens with zero attached hydrogens (tertiary/aromatic N) is 1. The Morgan fingerprint density at radius 2 is 2.00 bits per heavy atom. The second-order valence-corrected chi connectivity index (χ2v) is 7.84. The number of aromatic nitrogens is 1. The van der Waals surface area contributed by atoms with E-state index in [0.717, 1.165) is 25.7 Å². The van der Waals surface area contributed by atoms with E-state index in [4.69, 9.17) is 0 Å². The van der Waals surface area contributed by atoms with Crippen LogP contribution in [0.1, 0.15) is 44.6 Å². The van der Waals surface area contributed by atoms with Crippen molar-refractivity contribution in [2.75, 3.05) is 0 Å². The summed E-state index contributed by atoms with van der Waals surface area (Å²) in [5.41, 5.74) is 0.440. The smallest absolute Gasteiger partial charge is 0.281 e. The molecule has 24 heavy (non-hydrogen) atoms. The monoisotopic (exact) mass is 353 g/mol. The van der Waals surface area contributed by atoms with Crippen LogP contribution in [0.25, 0.3) is 0 Å². The Morgan fingerprint density at radius 1 is 1.33 bits per heavy atom. The maximum absolute atomic E-state index is 12.2. The van der Waals surface area contributed by atoms with E-state index in [0.29, 0.717) is 17.9 Å². The number of carbonyl (C=O) groups excluding carboxylic acids is 2. The fourth-order valence-corrected chi connectivity index (χ4v) is 4.09. The van der Waals surface area contributed by atoms with Crippen molar-refractivity contribution in [1.29, 1.82) is 0 Å². The zero-order valence-corrected chi connectivity index (χ0v) is 14.7. The van der Waals surface area contributed by atoms with Crippen molar-refractivity contribution in [2.24, 2.45) is 5.92 Å². The summed E-state index contributed by atoms with van der Waals surface area (Å²) >= 11 is 0. The molecule has 132 valence electrons. The van der Waals surface area contributed by atoms with Gasteiger partial charge in [-0.3, -0.25) is 9.59 Å². The molecule has 1 saturated carbocycles. The van der Waals surface area contributed by atoms with E-state index in [2.05, 4.69) is 10.3 Å². The summed E-state index contributed by atoms with van der Waals surface area (Å²) < 4.78 is 26.4. The largest absolute Gasteiger partial charge is 0.345 e. The average molecular weight is 353 g/mol. The Labute approximate surface area is 142 Å². The van der Waals surface area contributed by atoms with Gasteiger partial charge in [0.15, 0.2) is 5.03 Å². The number of pyridine rings is 1. The molecule has 2 rings (SSSR count). The Morgan fingerprint density at radius 3 is 2.62 bits per heavy atom. The van der Waals surface area contributed by atoms with Gasteiger partial charge in [-0.05, 0) is 44.2 Å². The number of hydrogen-bond acceptors (Lipinski definition) is 5. The highest BCUT2D eigenvalue weighted by atomic mass is 32.2. The van der Waals surface area contributed by atoms with Crippen LogP contribution in [-0.2, 0) is 19.6 Å². The van der Waals surface area contributed by atoms with Gasteiger partial charge in [-0.2, -0.15) is 8.42 Å². The van der Waals surface area contributed by atoms with E-state index in [1.807, 2.05) is 4.72 Å². The van der Waals surface area contributed by atoms with E-state index in [9.17, 15) is 18.0 Å². The first kappa shape index (κ1) is 18.4. The van der Waals surface area contributed by atoms with Crippen LogP contribution in [0, 0.1) is 12.8 Å². The number of nitrogens with one attached hydrogen (secondary N) is 2. The Balaban J connectivity index is 1.93. The number of sulfonamides is 1. The third-order valence-electron chi connectivity index (χ3n) is 4.17. The lowest BCUT2D eigenvalue weighted by Gasteiger charge is -2.16. The summed E-state index contributed by atoms with van der Waals surface area (Å²) in [4.78, 5) is 27.8. The van der Waals surface area contributed by atoms with Crippen molar-refractivity contribution in [3.8, 4) is 0 Å². The third kappa shape index (κ3) is 4.77. The Hall–Kier alpha value is -1.96. The second kappa shape index (κ2) is 7.74. The maximum Gasteiger partial charge on any atom is 0.281 e. The van der Waals surface area contributed by atoms with Crippen LogP contribution in [0.4, 0.5) is 0 Å². The van der Waals surface area contributed by atoms with Gasteiger partial charge in [-0.1, -0.05) is 18.9 Å². The highest BCUT2D eigenvalue weighted by molar-refractivity contribution is 7.90. The summed E-state index contributed by atoms with van der Waals surface area (Å²) in [6, 6.07) is 2.28. The molecule has 2 N–H and O–H groups in total. The summed E-state index contributed by atoms with van der Waals surface area (Å²) in [6.07, 6.45) is 6.05. The van der Waals surface area contributed by atoms with Crippen molar-refractivity contribution < 1.29 is 18.0 Å². The van der Waals surface area contributed by atoms with Crippen LogP contribution in [0.15, 0.2) is 23.4 Å². The van der Waals surface area contributed by atoms with Gasteiger partial charge in [-0.25, -0.2) is 9.71 Å². The van der Waals surface area contributed by atoms with Crippen molar-refractivity contribution in [3.63, 3.8) is 0 Å². The molecule has 1 heterocycles. The first-order chi connectivity index (χ1) is 11.3.